The molecule has 0 aromatic carbocycles. The lowest BCUT2D eigenvalue weighted by molar-refractivity contribution is 0.0955. The molecule has 3 heterocycles. The second kappa shape index (κ2) is 8.28. The number of amides is 1. The molecule has 0 unspecified atom stereocenters. The second-order valence-electron chi connectivity index (χ2n) is 7.13. The van der Waals surface area contributed by atoms with Gasteiger partial charge >= 0.3 is 0 Å². The summed E-state index contributed by atoms with van der Waals surface area (Å²) in [6.07, 6.45) is 3.60. The van der Waals surface area contributed by atoms with Crippen molar-refractivity contribution in [3.8, 4) is 0 Å². The molecule has 2 N–H and O–H groups in total. The van der Waals surface area contributed by atoms with Gasteiger partial charge in [0.1, 0.15) is 5.82 Å². The Morgan fingerprint density at radius 1 is 1.07 bits per heavy atom. The van der Waals surface area contributed by atoms with E-state index in [-0.39, 0.29) is 11.8 Å². The van der Waals surface area contributed by atoms with Gasteiger partial charge in [-0.2, -0.15) is 4.98 Å². The SMILES string of the molecule is CNC(=O)c1nnc(Nc2cc(C)nc(N3CCCCC3)n2)cc1C(C)C. The number of nitrogens with zero attached hydrogens (tertiary/aromatic N) is 5. The van der Waals surface area contributed by atoms with E-state index in [1.54, 1.807) is 7.05 Å². The average Bonchev–Trinajstić information content (AvgIpc) is 2.67. The smallest absolute Gasteiger partial charge is 0.271 e. The second-order valence-corrected chi connectivity index (χ2v) is 7.13. The first kappa shape index (κ1) is 19.0. The molecule has 0 spiro atoms. The van der Waals surface area contributed by atoms with Gasteiger partial charge in [0.05, 0.1) is 0 Å². The molecule has 1 amide bonds. The molecule has 0 saturated carbocycles. The highest BCUT2D eigenvalue weighted by Crippen LogP contribution is 2.23. The molecule has 1 fully saturated rings. The number of hydrogen-bond donors (Lipinski definition) is 2. The number of carbonyl (C=O) groups is 1. The van der Waals surface area contributed by atoms with Crippen LogP contribution in [0.25, 0.3) is 0 Å². The average molecular weight is 369 g/mol. The van der Waals surface area contributed by atoms with Crippen molar-refractivity contribution in [1.82, 2.24) is 25.5 Å². The van der Waals surface area contributed by atoms with Gasteiger partial charge in [-0.15, -0.1) is 10.2 Å². The third-order valence-electron chi connectivity index (χ3n) is 4.62. The summed E-state index contributed by atoms with van der Waals surface area (Å²) < 4.78 is 0. The molecule has 8 nitrogen and oxygen atoms in total. The Morgan fingerprint density at radius 3 is 2.48 bits per heavy atom. The van der Waals surface area contributed by atoms with Crippen molar-refractivity contribution < 1.29 is 4.79 Å². The van der Waals surface area contributed by atoms with Crippen molar-refractivity contribution in [1.29, 1.82) is 0 Å². The number of rotatable bonds is 5. The van der Waals surface area contributed by atoms with Gasteiger partial charge in [0.2, 0.25) is 5.95 Å². The minimum atomic E-state index is -0.233. The summed E-state index contributed by atoms with van der Waals surface area (Å²) in [7, 11) is 1.59. The Bertz CT molecular complexity index is 816. The Kier molecular flexibility index (Phi) is 5.83. The molecule has 2 aromatic rings. The lowest BCUT2D eigenvalue weighted by atomic mass is 10.0. The van der Waals surface area contributed by atoms with Gasteiger partial charge in [-0.05, 0) is 43.7 Å². The maximum absolute atomic E-state index is 12.0. The minimum Gasteiger partial charge on any atom is -0.354 e. The van der Waals surface area contributed by atoms with Crippen LogP contribution in [-0.4, -0.2) is 46.2 Å². The van der Waals surface area contributed by atoms with Gasteiger partial charge in [0, 0.05) is 31.9 Å². The Balaban J connectivity index is 1.87. The summed E-state index contributed by atoms with van der Waals surface area (Å²) >= 11 is 0. The van der Waals surface area contributed by atoms with Crippen LogP contribution in [0.3, 0.4) is 0 Å². The summed E-state index contributed by atoms with van der Waals surface area (Å²) in [4.78, 5) is 23.5. The zero-order valence-corrected chi connectivity index (χ0v) is 16.4. The lowest BCUT2D eigenvalue weighted by Crippen LogP contribution is -2.31. The molecule has 0 bridgehead atoms. The van der Waals surface area contributed by atoms with Crippen LogP contribution in [0.5, 0.6) is 0 Å². The highest BCUT2D eigenvalue weighted by molar-refractivity contribution is 5.93. The van der Waals surface area contributed by atoms with E-state index in [0.29, 0.717) is 17.3 Å². The molecule has 1 aliphatic rings. The highest BCUT2D eigenvalue weighted by Gasteiger charge is 2.18. The van der Waals surface area contributed by atoms with Crippen molar-refractivity contribution in [2.45, 2.75) is 46.0 Å². The fourth-order valence-electron chi connectivity index (χ4n) is 3.19. The van der Waals surface area contributed by atoms with Crippen molar-refractivity contribution in [2.24, 2.45) is 0 Å². The van der Waals surface area contributed by atoms with E-state index in [0.717, 1.165) is 30.3 Å². The van der Waals surface area contributed by atoms with Gasteiger partial charge < -0.3 is 15.5 Å². The molecule has 0 aliphatic carbocycles. The molecule has 0 atom stereocenters. The van der Waals surface area contributed by atoms with E-state index in [1.165, 1.54) is 19.3 Å². The predicted molar refractivity (Wildman–Crippen MR) is 106 cm³/mol. The van der Waals surface area contributed by atoms with Crippen LogP contribution in [0.4, 0.5) is 17.6 Å². The molecule has 27 heavy (non-hydrogen) atoms. The molecule has 1 saturated heterocycles. The fraction of sp³-hybridized carbons (Fsp3) is 0.526. The number of piperidine rings is 1. The number of aryl methyl sites for hydroxylation is 1. The molecule has 8 heteroatoms. The summed E-state index contributed by atoms with van der Waals surface area (Å²) in [6, 6.07) is 3.75. The van der Waals surface area contributed by atoms with Crippen LogP contribution >= 0.6 is 0 Å². The van der Waals surface area contributed by atoms with E-state index < -0.39 is 0 Å². The van der Waals surface area contributed by atoms with Gasteiger partial charge in [0.25, 0.3) is 5.91 Å². The number of aromatic nitrogens is 4. The Labute approximate surface area is 159 Å². The van der Waals surface area contributed by atoms with E-state index in [2.05, 4.69) is 35.7 Å². The van der Waals surface area contributed by atoms with Crippen molar-refractivity contribution in [3.05, 3.63) is 29.1 Å². The van der Waals surface area contributed by atoms with Gasteiger partial charge in [-0.3, -0.25) is 4.79 Å². The maximum atomic E-state index is 12.0. The first-order chi connectivity index (χ1) is 13.0. The van der Waals surface area contributed by atoms with Crippen molar-refractivity contribution >= 4 is 23.5 Å². The zero-order valence-electron chi connectivity index (χ0n) is 16.4. The van der Waals surface area contributed by atoms with Crippen LogP contribution in [0.15, 0.2) is 12.1 Å². The van der Waals surface area contributed by atoms with Gasteiger partial charge in [-0.25, -0.2) is 4.98 Å². The number of carbonyl (C=O) groups excluding carboxylic acids is 1. The Hall–Kier alpha value is -2.77. The normalized spacial score (nSPS) is 14.3. The fourth-order valence-corrected chi connectivity index (χ4v) is 3.19. The van der Waals surface area contributed by atoms with Crippen LogP contribution < -0.4 is 15.5 Å². The van der Waals surface area contributed by atoms with Crippen LogP contribution in [0, 0.1) is 6.92 Å². The quantitative estimate of drug-likeness (QED) is 0.836. The molecular weight excluding hydrogens is 342 g/mol. The number of anilines is 3. The van der Waals surface area contributed by atoms with Gasteiger partial charge in [0.15, 0.2) is 11.5 Å². The molecule has 3 rings (SSSR count). The maximum Gasteiger partial charge on any atom is 0.271 e. The zero-order chi connectivity index (χ0) is 19.4. The minimum absolute atomic E-state index is 0.143. The molecular formula is C19H27N7O. The van der Waals surface area contributed by atoms with Crippen LogP contribution in [0.1, 0.15) is 60.8 Å². The van der Waals surface area contributed by atoms with E-state index in [1.807, 2.05) is 32.9 Å². The van der Waals surface area contributed by atoms with E-state index >= 15 is 0 Å². The van der Waals surface area contributed by atoms with E-state index in [4.69, 9.17) is 0 Å². The van der Waals surface area contributed by atoms with Crippen LogP contribution in [-0.2, 0) is 0 Å². The highest BCUT2D eigenvalue weighted by atomic mass is 16.1. The standard InChI is InChI=1S/C19H27N7O/c1-12(2)14-11-16(24-25-17(14)18(27)20-4)22-15-10-13(3)21-19(23-15)26-8-6-5-7-9-26/h10-12H,5-9H2,1-4H3,(H,20,27)(H,21,22,23,24). The van der Waals surface area contributed by atoms with Gasteiger partial charge in [-0.1, -0.05) is 13.8 Å². The third kappa shape index (κ3) is 4.50. The summed E-state index contributed by atoms with van der Waals surface area (Å²) in [5, 5.41) is 14.1. The van der Waals surface area contributed by atoms with Crippen LogP contribution in [0.2, 0.25) is 0 Å². The number of hydrogen-bond acceptors (Lipinski definition) is 7. The van der Waals surface area contributed by atoms with E-state index in [9.17, 15) is 4.79 Å². The van der Waals surface area contributed by atoms with Crippen molar-refractivity contribution in [3.63, 3.8) is 0 Å². The summed E-state index contributed by atoms with van der Waals surface area (Å²) in [5.74, 6) is 1.90. The van der Waals surface area contributed by atoms with Crippen molar-refractivity contribution in [2.75, 3.05) is 30.4 Å². The molecule has 2 aromatic heterocycles. The third-order valence-corrected chi connectivity index (χ3v) is 4.62. The first-order valence-electron chi connectivity index (χ1n) is 9.45. The largest absolute Gasteiger partial charge is 0.354 e. The molecule has 1 aliphatic heterocycles. The molecule has 144 valence electrons. The molecule has 0 radical (unpaired) electrons. The number of nitrogens with one attached hydrogen (secondary N) is 2. The summed E-state index contributed by atoms with van der Waals surface area (Å²) in [6.45, 7) is 7.98. The topological polar surface area (TPSA) is 95.9 Å². The monoisotopic (exact) mass is 369 g/mol. The predicted octanol–water partition coefficient (Wildman–Crippen LogP) is 2.79. The lowest BCUT2D eigenvalue weighted by Gasteiger charge is -2.27. The Morgan fingerprint density at radius 2 is 1.81 bits per heavy atom. The first-order valence-corrected chi connectivity index (χ1v) is 9.45. The summed E-state index contributed by atoms with van der Waals surface area (Å²) in [5.41, 5.74) is 2.09.